The minimum Gasteiger partial charge on any atom is -0.382 e. The highest BCUT2D eigenvalue weighted by Crippen LogP contribution is 2.15. The number of hydrogen-bond acceptors (Lipinski definition) is 2. The molecule has 0 saturated carbocycles. The number of aryl methyl sites for hydroxylation is 2. The van der Waals surface area contributed by atoms with Crippen molar-refractivity contribution in [1.82, 2.24) is 0 Å². The van der Waals surface area contributed by atoms with Crippen LogP contribution in [-0.4, -0.2) is 11.9 Å². The molecule has 0 bridgehead atoms. The highest BCUT2D eigenvalue weighted by molar-refractivity contribution is 5.74. The van der Waals surface area contributed by atoms with Crippen molar-refractivity contribution in [1.29, 1.82) is 0 Å². The fourth-order valence-electron chi connectivity index (χ4n) is 1.47. The maximum Gasteiger partial charge on any atom is 0.219 e. The third-order valence-electron chi connectivity index (χ3n) is 2.43. The lowest BCUT2D eigenvalue weighted by atomic mass is 10.1. The van der Waals surface area contributed by atoms with Crippen LogP contribution in [-0.2, 0) is 4.79 Å². The Bertz CT molecular complexity index is 361. The number of nitrogens with two attached hydrogens (primary N) is 1. The third-order valence-corrected chi connectivity index (χ3v) is 2.43. The number of primary amides is 1. The van der Waals surface area contributed by atoms with Crippen LogP contribution in [0.15, 0.2) is 18.2 Å². The zero-order valence-corrected chi connectivity index (χ0v) is 9.50. The first-order chi connectivity index (χ1) is 6.99. The Morgan fingerprint density at radius 2 is 2.07 bits per heavy atom. The van der Waals surface area contributed by atoms with Crippen molar-refractivity contribution < 1.29 is 4.79 Å². The van der Waals surface area contributed by atoms with Gasteiger partial charge < -0.3 is 11.1 Å². The van der Waals surface area contributed by atoms with Gasteiger partial charge in [0.2, 0.25) is 5.91 Å². The highest BCUT2D eigenvalue weighted by Gasteiger charge is 2.05. The van der Waals surface area contributed by atoms with E-state index in [0.717, 1.165) is 5.69 Å². The molecule has 3 N–H and O–H groups in total. The van der Waals surface area contributed by atoms with Gasteiger partial charge in [-0.3, -0.25) is 4.79 Å². The quantitative estimate of drug-likeness (QED) is 0.791. The van der Waals surface area contributed by atoms with Crippen LogP contribution in [0.5, 0.6) is 0 Å². The summed E-state index contributed by atoms with van der Waals surface area (Å²) in [5.41, 5.74) is 8.66. The van der Waals surface area contributed by atoms with E-state index < -0.39 is 0 Å². The fraction of sp³-hybridized carbons (Fsp3) is 0.417. The summed E-state index contributed by atoms with van der Waals surface area (Å²) in [4.78, 5) is 10.7. The summed E-state index contributed by atoms with van der Waals surface area (Å²) in [6, 6.07) is 6.23. The van der Waals surface area contributed by atoms with E-state index in [1.807, 2.05) is 13.0 Å². The first-order valence-electron chi connectivity index (χ1n) is 5.11. The molecule has 1 rings (SSSR count). The van der Waals surface area contributed by atoms with Gasteiger partial charge in [-0.25, -0.2) is 0 Å². The number of carbonyl (C=O) groups excluding carboxylic acids is 1. The van der Waals surface area contributed by atoms with E-state index in [1.165, 1.54) is 11.1 Å². The molecule has 0 saturated heterocycles. The maximum absolute atomic E-state index is 10.7. The largest absolute Gasteiger partial charge is 0.382 e. The smallest absolute Gasteiger partial charge is 0.219 e. The lowest BCUT2D eigenvalue weighted by Crippen LogP contribution is -2.23. The molecule has 1 aromatic carbocycles. The molecule has 1 unspecified atom stereocenters. The molecule has 15 heavy (non-hydrogen) atoms. The molecular weight excluding hydrogens is 188 g/mol. The summed E-state index contributed by atoms with van der Waals surface area (Å²) < 4.78 is 0. The topological polar surface area (TPSA) is 55.1 Å². The van der Waals surface area contributed by atoms with Gasteiger partial charge >= 0.3 is 0 Å². The summed E-state index contributed by atoms with van der Waals surface area (Å²) in [7, 11) is 0. The van der Waals surface area contributed by atoms with Gasteiger partial charge in [-0.1, -0.05) is 6.07 Å². The van der Waals surface area contributed by atoms with Crippen LogP contribution in [0.3, 0.4) is 0 Å². The second-order valence-electron chi connectivity index (χ2n) is 4.01. The van der Waals surface area contributed by atoms with Gasteiger partial charge in [0, 0.05) is 18.2 Å². The van der Waals surface area contributed by atoms with Crippen LogP contribution in [0.4, 0.5) is 5.69 Å². The van der Waals surface area contributed by atoms with Crippen molar-refractivity contribution in [2.24, 2.45) is 5.73 Å². The van der Waals surface area contributed by atoms with E-state index in [0.29, 0.717) is 6.42 Å². The lowest BCUT2D eigenvalue weighted by Gasteiger charge is -2.14. The minimum atomic E-state index is -0.279. The molecule has 0 aliphatic carbocycles. The second kappa shape index (κ2) is 4.82. The summed E-state index contributed by atoms with van der Waals surface area (Å²) in [6.45, 7) is 6.09. The monoisotopic (exact) mass is 206 g/mol. The average molecular weight is 206 g/mol. The Balaban J connectivity index is 2.64. The Kier molecular flexibility index (Phi) is 3.72. The van der Waals surface area contributed by atoms with Gasteiger partial charge in [0.15, 0.2) is 0 Å². The van der Waals surface area contributed by atoms with Crippen LogP contribution in [0.1, 0.15) is 24.5 Å². The van der Waals surface area contributed by atoms with E-state index in [-0.39, 0.29) is 11.9 Å². The molecule has 3 heteroatoms. The van der Waals surface area contributed by atoms with Gasteiger partial charge in [-0.2, -0.15) is 0 Å². The second-order valence-corrected chi connectivity index (χ2v) is 4.01. The summed E-state index contributed by atoms with van der Waals surface area (Å²) in [6.07, 6.45) is 0.354. The van der Waals surface area contributed by atoms with Crippen LogP contribution < -0.4 is 11.1 Å². The van der Waals surface area contributed by atoms with Crippen molar-refractivity contribution in [3.05, 3.63) is 29.3 Å². The predicted octanol–water partition coefficient (Wildman–Crippen LogP) is 1.98. The van der Waals surface area contributed by atoms with Gasteiger partial charge in [0.25, 0.3) is 0 Å². The zero-order valence-electron chi connectivity index (χ0n) is 9.50. The zero-order chi connectivity index (χ0) is 11.4. The molecule has 3 nitrogen and oxygen atoms in total. The molecule has 1 atom stereocenters. The van der Waals surface area contributed by atoms with E-state index in [4.69, 9.17) is 5.73 Å². The number of rotatable bonds is 4. The van der Waals surface area contributed by atoms with Crippen LogP contribution >= 0.6 is 0 Å². The molecule has 0 aliphatic rings. The van der Waals surface area contributed by atoms with Crippen LogP contribution in [0, 0.1) is 13.8 Å². The number of nitrogens with one attached hydrogen (secondary N) is 1. The van der Waals surface area contributed by atoms with E-state index in [1.54, 1.807) is 0 Å². The minimum absolute atomic E-state index is 0.0737. The SMILES string of the molecule is Cc1ccc(NC(C)CC(N)=O)cc1C. The summed E-state index contributed by atoms with van der Waals surface area (Å²) >= 11 is 0. The predicted molar refractivity (Wildman–Crippen MR) is 62.8 cm³/mol. The molecule has 1 aromatic rings. The normalized spacial score (nSPS) is 12.2. The molecule has 82 valence electrons. The van der Waals surface area contributed by atoms with Crippen molar-refractivity contribution in [2.75, 3.05) is 5.32 Å². The standard InChI is InChI=1S/C12H18N2O/c1-8-4-5-11(6-9(8)2)14-10(3)7-12(13)15/h4-6,10,14H,7H2,1-3H3,(H2,13,15). The third kappa shape index (κ3) is 3.62. The summed E-state index contributed by atoms with van der Waals surface area (Å²) in [5, 5.41) is 3.24. The van der Waals surface area contributed by atoms with Gasteiger partial charge in [-0.05, 0) is 44.0 Å². The number of amides is 1. The van der Waals surface area contributed by atoms with Gasteiger partial charge in [0.1, 0.15) is 0 Å². The van der Waals surface area contributed by atoms with Gasteiger partial charge in [-0.15, -0.1) is 0 Å². The van der Waals surface area contributed by atoms with Crippen molar-refractivity contribution in [3.8, 4) is 0 Å². The Morgan fingerprint density at radius 3 is 2.60 bits per heavy atom. The van der Waals surface area contributed by atoms with E-state index in [2.05, 4.69) is 31.3 Å². The van der Waals surface area contributed by atoms with Gasteiger partial charge in [0.05, 0.1) is 0 Å². The maximum atomic E-state index is 10.7. The Morgan fingerprint density at radius 1 is 1.40 bits per heavy atom. The number of carbonyl (C=O) groups is 1. The van der Waals surface area contributed by atoms with E-state index in [9.17, 15) is 4.79 Å². The number of anilines is 1. The van der Waals surface area contributed by atoms with Crippen molar-refractivity contribution in [3.63, 3.8) is 0 Å². The van der Waals surface area contributed by atoms with Crippen molar-refractivity contribution in [2.45, 2.75) is 33.2 Å². The molecule has 0 heterocycles. The average Bonchev–Trinajstić information content (AvgIpc) is 2.10. The first-order valence-corrected chi connectivity index (χ1v) is 5.11. The molecule has 0 aliphatic heterocycles. The molecule has 0 fully saturated rings. The number of benzene rings is 1. The fourth-order valence-corrected chi connectivity index (χ4v) is 1.47. The summed E-state index contributed by atoms with van der Waals surface area (Å²) in [5.74, 6) is -0.279. The number of hydrogen-bond donors (Lipinski definition) is 2. The Labute approximate surface area is 90.7 Å². The highest BCUT2D eigenvalue weighted by atomic mass is 16.1. The molecular formula is C12H18N2O. The molecule has 0 aromatic heterocycles. The van der Waals surface area contributed by atoms with Crippen LogP contribution in [0.2, 0.25) is 0 Å². The molecule has 1 amide bonds. The first kappa shape index (κ1) is 11.6. The molecule has 0 radical (unpaired) electrons. The van der Waals surface area contributed by atoms with Crippen LogP contribution in [0.25, 0.3) is 0 Å². The van der Waals surface area contributed by atoms with Crippen molar-refractivity contribution >= 4 is 11.6 Å². The van der Waals surface area contributed by atoms with E-state index >= 15 is 0 Å². The Hall–Kier alpha value is -1.51. The lowest BCUT2D eigenvalue weighted by molar-refractivity contribution is -0.118. The molecule has 0 spiro atoms.